The van der Waals surface area contributed by atoms with Gasteiger partial charge in [0.2, 0.25) is 0 Å². The monoisotopic (exact) mass is 430 g/mol. The molecule has 0 saturated carbocycles. The molecule has 0 bridgehead atoms. The largest absolute Gasteiger partial charge is 0.465 e. The second-order valence-electron chi connectivity index (χ2n) is 8.04. The Kier molecular flexibility index (Phi) is 9.62. The summed E-state index contributed by atoms with van der Waals surface area (Å²) in [5.74, 6) is 1.86. The number of ether oxygens (including phenoxy) is 2. The average Bonchev–Trinajstić information content (AvgIpc) is 3.13. The van der Waals surface area contributed by atoms with E-state index in [0.717, 1.165) is 49.6 Å². The van der Waals surface area contributed by atoms with Crippen LogP contribution in [0.25, 0.3) is 0 Å². The van der Waals surface area contributed by atoms with Gasteiger partial charge in [0.05, 0.1) is 18.4 Å². The zero-order valence-electron chi connectivity index (χ0n) is 19.3. The molecule has 2 rings (SSSR count). The molecule has 2 heterocycles. The van der Waals surface area contributed by atoms with E-state index in [4.69, 9.17) is 9.47 Å². The van der Waals surface area contributed by atoms with Crippen molar-refractivity contribution >= 4 is 11.9 Å². The van der Waals surface area contributed by atoms with Crippen LogP contribution in [0.3, 0.4) is 0 Å². The Hall–Kier alpha value is -2.77. The topological polar surface area (TPSA) is 96.2 Å². The van der Waals surface area contributed by atoms with Crippen LogP contribution in [0.15, 0.2) is 12.1 Å². The first-order chi connectivity index (χ1) is 14.8. The second kappa shape index (κ2) is 12.2. The molecule has 8 nitrogen and oxygen atoms in total. The smallest absolute Gasteiger partial charge is 0.337 e. The molecular weight excluding hydrogens is 396 g/mol. The van der Waals surface area contributed by atoms with Crippen LogP contribution < -0.4 is 0 Å². The summed E-state index contributed by atoms with van der Waals surface area (Å²) in [5, 5.41) is 8.75. The van der Waals surface area contributed by atoms with Gasteiger partial charge in [0.1, 0.15) is 18.3 Å². The van der Waals surface area contributed by atoms with E-state index >= 15 is 0 Å². The van der Waals surface area contributed by atoms with E-state index in [2.05, 4.69) is 40.5 Å². The lowest BCUT2D eigenvalue weighted by molar-refractivity contribution is -0.142. The van der Waals surface area contributed by atoms with Crippen molar-refractivity contribution in [3.05, 3.63) is 40.7 Å². The van der Waals surface area contributed by atoms with Gasteiger partial charge in [0.15, 0.2) is 0 Å². The number of carbonyl (C=O) groups excluding carboxylic acids is 2. The summed E-state index contributed by atoms with van der Waals surface area (Å²) in [6, 6.07) is 3.32. The Bertz CT molecular complexity index is 876. The second-order valence-corrected chi connectivity index (χ2v) is 8.04. The molecule has 170 valence electrons. The van der Waals surface area contributed by atoms with Crippen LogP contribution in [0, 0.1) is 5.92 Å². The number of aromatic nitrogens is 4. The standard InChI is InChI=1S/C23H34N4O4/c1-6-21-25-26-22(27(21)12-8-9-16(2)3)11-7-10-19-13-18(23(29)30-5)14-20(24-19)15-31-17(4)28/h13-14,16H,6-12,15H2,1-5H3. The van der Waals surface area contributed by atoms with Crippen LogP contribution in [0.5, 0.6) is 0 Å². The molecule has 2 aromatic rings. The van der Waals surface area contributed by atoms with Crippen molar-refractivity contribution < 1.29 is 19.1 Å². The maximum Gasteiger partial charge on any atom is 0.337 e. The van der Waals surface area contributed by atoms with Crippen molar-refractivity contribution in [2.75, 3.05) is 7.11 Å². The molecule has 0 radical (unpaired) electrons. The Morgan fingerprint density at radius 1 is 1.06 bits per heavy atom. The average molecular weight is 431 g/mol. The van der Waals surface area contributed by atoms with E-state index in [1.54, 1.807) is 12.1 Å². The maximum atomic E-state index is 12.0. The number of rotatable bonds is 12. The van der Waals surface area contributed by atoms with Gasteiger partial charge in [-0.2, -0.15) is 0 Å². The van der Waals surface area contributed by atoms with E-state index in [0.29, 0.717) is 23.6 Å². The number of hydrogen-bond donors (Lipinski definition) is 0. The molecule has 0 aliphatic rings. The lowest BCUT2D eigenvalue weighted by atomic mass is 10.1. The van der Waals surface area contributed by atoms with Gasteiger partial charge in [-0.1, -0.05) is 20.8 Å². The molecule has 0 spiro atoms. The van der Waals surface area contributed by atoms with E-state index in [-0.39, 0.29) is 6.61 Å². The van der Waals surface area contributed by atoms with Crippen LogP contribution in [0.2, 0.25) is 0 Å². The lowest BCUT2D eigenvalue weighted by Crippen LogP contribution is -2.10. The number of aryl methyl sites for hydroxylation is 3. The molecule has 0 fully saturated rings. The fourth-order valence-electron chi connectivity index (χ4n) is 3.43. The minimum absolute atomic E-state index is 0.0250. The van der Waals surface area contributed by atoms with Gasteiger partial charge in [-0.25, -0.2) is 4.79 Å². The Balaban J connectivity index is 2.07. The first-order valence-corrected chi connectivity index (χ1v) is 11.0. The van der Waals surface area contributed by atoms with Crippen molar-refractivity contribution in [3.8, 4) is 0 Å². The van der Waals surface area contributed by atoms with Gasteiger partial charge < -0.3 is 14.0 Å². The van der Waals surface area contributed by atoms with Gasteiger partial charge in [-0.05, 0) is 43.7 Å². The molecule has 31 heavy (non-hydrogen) atoms. The summed E-state index contributed by atoms with van der Waals surface area (Å²) in [6.45, 7) is 8.87. The number of pyridine rings is 1. The molecule has 0 amide bonds. The third kappa shape index (κ3) is 7.77. The summed E-state index contributed by atoms with van der Waals surface area (Å²) in [7, 11) is 1.34. The molecule has 2 aromatic heterocycles. The van der Waals surface area contributed by atoms with Gasteiger partial charge in [0, 0.05) is 32.0 Å². The highest BCUT2D eigenvalue weighted by Crippen LogP contribution is 2.14. The van der Waals surface area contributed by atoms with Crippen LogP contribution in [-0.2, 0) is 46.7 Å². The number of carbonyl (C=O) groups is 2. The quantitative estimate of drug-likeness (QED) is 0.474. The van der Waals surface area contributed by atoms with Crippen LogP contribution >= 0.6 is 0 Å². The van der Waals surface area contributed by atoms with Crippen molar-refractivity contribution in [2.45, 2.75) is 79.4 Å². The molecule has 0 aromatic carbocycles. The molecular formula is C23H34N4O4. The zero-order valence-corrected chi connectivity index (χ0v) is 19.3. The third-order valence-corrected chi connectivity index (χ3v) is 4.99. The minimum Gasteiger partial charge on any atom is -0.465 e. The predicted molar refractivity (Wildman–Crippen MR) is 117 cm³/mol. The number of methoxy groups -OCH3 is 1. The van der Waals surface area contributed by atoms with Crippen molar-refractivity contribution in [3.63, 3.8) is 0 Å². The van der Waals surface area contributed by atoms with E-state index in [1.165, 1.54) is 20.5 Å². The zero-order chi connectivity index (χ0) is 22.8. The van der Waals surface area contributed by atoms with E-state index in [9.17, 15) is 9.59 Å². The van der Waals surface area contributed by atoms with Gasteiger partial charge in [0.25, 0.3) is 0 Å². The molecule has 0 aliphatic carbocycles. The van der Waals surface area contributed by atoms with Crippen LogP contribution in [0.4, 0.5) is 0 Å². The van der Waals surface area contributed by atoms with Crippen molar-refractivity contribution in [1.29, 1.82) is 0 Å². The van der Waals surface area contributed by atoms with Crippen molar-refractivity contribution in [2.24, 2.45) is 5.92 Å². The Labute approximate surface area is 184 Å². The summed E-state index contributed by atoms with van der Waals surface area (Å²) in [6.07, 6.45) is 5.40. The Morgan fingerprint density at radius 2 is 1.77 bits per heavy atom. The fraction of sp³-hybridized carbons (Fsp3) is 0.609. The first kappa shape index (κ1) is 24.5. The summed E-state index contributed by atoms with van der Waals surface area (Å²) < 4.78 is 12.1. The molecule has 0 unspecified atom stereocenters. The Morgan fingerprint density at radius 3 is 2.42 bits per heavy atom. The lowest BCUT2D eigenvalue weighted by Gasteiger charge is -2.11. The van der Waals surface area contributed by atoms with E-state index < -0.39 is 11.9 Å². The molecule has 0 atom stereocenters. The summed E-state index contributed by atoms with van der Waals surface area (Å²) in [5.41, 5.74) is 1.68. The van der Waals surface area contributed by atoms with Gasteiger partial charge in [-0.15, -0.1) is 10.2 Å². The highest BCUT2D eigenvalue weighted by atomic mass is 16.5. The first-order valence-electron chi connectivity index (χ1n) is 11.0. The summed E-state index contributed by atoms with van der Waals surface area (Å²) >= 11 is 0. The maximum absolute atomic E-state index is 12.0. The van der Waals surface area contributed by atoms with E-state index in [1.807, 2.05) is 0 Å². The molecule has 0 aliphatic heterocycles. The van der Waals surface area contributed by atoms with Crippen LogP contribution in [-0.4, -0.2) is 38.8 Å². The van der Waals surface area contributed by atoms with Crippen LogP contribution in [0.1, 0.15) is 80.4 Å². The molecule has 8 heteroatoms. The summed E-state index contributed by atoms with van der Waals surface area (Å²) in [4.78, 5) is 27.7. The highest BCUT2D eigenvalue weighted by molar-refractivity contribution is 5.89. The number of hydrogen-bond acceptors (Lipinski definition) is 7. The van der Waals surface area contributed by atoms with Gasteiger partial charge >= 0.3 is 11.9 Å². The highest BCUT2D eigenvalue weighted by Gasteiger charge is 2.13. The van der Waals surface area contributed by atoms with Gasteiger partial charge in [-0.3, -0.25) is 9.78 Å². The SMILES string of the molecule is CCc1nnc(CCCc2cc(C(=O)OC)cc(COC(C)=O)n2)n1CCCC(C)C. The predicted octanol–water partition coefficient (Wildman–Crippen LogP) is 3.70. The molecule has 0 N–H and O–H groups in total. The third-order valence-electron chi connectivity index (χ3n) is 4.99. The fourth-order valence-corrected chi connectivity index (χ4v) is 3.43. The normalized spacial score (nSPS) is 11.0. The van der Waals surface area contributed by atoms with Crippen molar-refractivity contribution in [1.82, 2.24) is 19.7 Å². The molecule has 0 saturated heterocycles. The minimum atomic E-state index is -0.440. The number of nitrogens with zero attached hydrogens (tertiary/aromatic N) is 4. The number of esters is 2.